The lowest BCUT2D eigenvalue weighted by molar-refractivity contribution is -0.985. The molecule has 3 aliphatic rings. The Bertz CT molecular complexity index is 1250. The van der Waals surface area contributed by atoms with E-state index >= 15 is 0 Å². The fourth-order valence-electron chi connectivity index (χ4n) is 6.15. The summed E-state index contributed by atoms with van der Waals surface area (Å²) in [6.45, 7) is 5.56. The van der Waals surface area contributed by atoms with E-state index in [1.54, 1.807) is 13.3 Å². The summed E-state index contributed by atoms with van der Waals surface area (Å²) in [5.41, 5.74) is 1.61. The highest BCUT2D eigenvalue weighted by atomic mass is 19.2. The van der Waals surface area contributed by atoms with Crippen LogP contribution in [0.1, 0.15) is 30.1 Å². The highest BCUT2D eigenvalue weighted by Crippen LogP contribution is 2.48. The molecule has 3 aromatic rings. The van der Waals surface area contributed by atoms with Crippen molar-refractivity contribution >= 4 is 10.9 Å². The zero-order chi connectivity index (χ0) is 24.0. The quantitative estimate of drug-likeness (QED) is 0.302. The molecule has 1 aromatic heterocycles. The Kier molecular flexibility index (Phi) is 5.86. The van der Waals surface area contributed by atoms with E-state index < -0.39 is 23.6 Å². The summed E-state index contributed by atoms with van der Waals surface area (Å²) in [5, 5.41) is 12.6. The SMILES string of the molecule is C=C[C@H]1C[N+]2(Cc3ccc(F)c(F)c3F)CC[C@@H]1C[C@@H]2[C@@H](O)c1ccnc2ccc(OC)cc12. The third-order valence-corrected chi connectivity index (χ3v) is 7.94. The van der Waals surface area contributed by atoms with Gasteiger partial charge in [-0.1, -0.05) is 6.08 Å². The van der Waals surface area contributed by atoms with Crippen LogP contribution in [-0.4, -0.2) is 40.8 Å². The summed E-state index contributed by atoms with van der Waals surface area (Å²) in [4.78, 5) is 4.42. The first kappa shape index (κ1) is 22.9. The van der Waals surface area contributed by atoms with Gasteiger partial charge in [-0.05, 0) is 47.9 Å². The van der Waals surface area contributed by atoms with Gasteiger partial charge in [0, 0.05) is 35.9 Å². The van der Waals surface area contributed by atoms with Gasteiger partial charge in [-0.25, -0.2) is 13.2 Å². The molecule has 2 aromatic carbocycles. The Morgan fingerprint density at radius 2 is 2.03 bits per heavy atom. The van der Waals surface area contributed by atoms with Gasteiger partial charge in [0.05, 0.1) is 25.7 Å². The average Bonchev–Trinajstić information content (AvgIpc) is 2.88. The van der Waals surface area contributed by atoms with Crippen molar-refractivity contribution in [3.8, 4) is 5.75 Å². The van der Waals surface area contributed by atoms with Gasteiger partial charge in [0.2, 0.25) is 0 Å². The number of halogens is 3. The number of ether oxygens (including phenoxy) is 1. The van der Waals surface area contributed by atoms with Crippen molar-refractivity contribution in [2.24, 2.45) is 11.8 Å². The summed E-state index contributed by atoms with van der Waals surface area (Å²) in [6, 6.07) is 9.42. The van der Waals surface area contributed by atoms with Gasteiger partial charge in [-0.2, -0.15) is 0 Å². The number of pyridine rings is 1. The number of rotatable bonds is 6. The van der Waals surface area contributed by atoms with E-state index in [-0.39, 0.29) is 24.1 Å². The van der Waals surface area contributed by atoms with Crippen LogP contribution in [0.5, 0.6) is 5.75 Å². The fourth-order valence-corrected chi connectivity index (χ4v) is 6.15. The Hall–Kier alpha value is -2.90. The van der Waals surface area contributed by atoms with Crippen LogP contribution >= 0.6 is 0 Å². The molecular formula is C27H28F3N2O2+. The van der Waals surface area contributed by atoms with Crippen LogP contribution in [0.25, 0.3) is 10.9 Å². The van der Waals surface area contributed by atoms with Gasteiger partial charge >= 0.3 is 0 Å². The second-order valence-electron chi connectivity index (χ2n) is 9.60. The summed E-state index contributed by atoms with van der Waals surface area (Å²) >= 11 is 0. The third-order valence-electron chi connectivity index (χ3n) is 7.94. The van der Waals surface area contributed by atoms with Crippen LogP contribution in [0.2, 0.25) is 0 Å². The molecule has 178 valence electrons. The van der Waals surface area contributed by atoms with Crippen molar-refractivity contribution in [1.82, 2.24) is 4.98 Å². The van der Waals surface area contributed by atoms with Crippen LogP contribution < -0.4 is 4.74 Å². The largest absolute Gasteiger partial charge is 0.497 e. The lowest BCUT2D eigenvalue weighted by Gasteiger charge is -2.58. The topological polar surface area (TPSA) is 42.4 Å². The number of piperidine rings is 3. The number of quaternary nitrogens is 1. The molecule has 4 nitrogen and oxygen atoms in total. The van der Waals surface area contributed by atoms with E-state index in [2.05, 4.69) is 11.6 Å². The number of fused-ring (bicyclic) bond motifs is 4. The Labute approximate surface area is 196 Å². The number of hydrogen-bond acceptors (Lipinski definition) is 3. The molecule has 0 spiro atoms. The number of hydrogen-bond donors (Lipinski definition) is 1. The first-order valence-corrected chi connectivity index (χ1v) is 11.6. The van der Waals surface area contributed by atoms with Crippen LogP contribution in [0.15, 0.2) is 55.3 Å². The highest BCUT2D eigenvalue weighted by Gasteiger charge is 2.54. The van der Waals surface area contributed by atoms with E-state index in [4.69, 9.17) is 4.74 Å². The van der Waals surface area contributed by atoms with E-state index in [1.165, 1.54) is 6.07 Å². The fraction of sp³-hybridized carbons (Fsp3) is 0.370. The molecule has 3 fully saturated rings. The molecule has 5 atom stereocenters. The smallest absolute Gasteiger partial charge is 0.194 e. The van der Waals surface area contributed by atoms with E-state index in [0.717, 1.165) is 41.9 Å². The maximum atomic E-state index is 14.7. The molecule has 6 rings (SSSR count). The zero-order valence-corrected chi connectivity index (χ0v) is 19.1. The van der Waals surface area contributed by atoms with Crippen molar-refractivity contribution < 1.29 is 27.5 Å². The number of aliphatic hydroxyl groups is 1. The Morgan fingerprint density at radius 1 is 1.21 bits per heavy atom. The van der Waals surface area contributed by atoms with E-state index in [0.29, 0.717) is 22.7 Å². The second kappa shape index (κ2) is 8.71. The molecular weight excluding hydrogens is 441 g/mol. The van der Waals surface area contributed by atoms with Gasteiger partial charge in [-0.15, -0.1) is 6.58 Å². The predicted octanol–water partition coefficient (Wildman–Crippen LogP) is 5.31. The maximum absolute atomic E-state index is 14.7. The van der Waals surface area contributed by atoms with Crippen molar-refractivity contribution in [3.63, 3.8) is 0 Å². The van der Waals surface area contributed by atoms with Crippen molar-refractivity contribution in [2.45, 2.75) is 31.5 Å². The van der Waals surface area contributed by atoms with Crippen LogP contribution in [0.3, 0.4) is 0 Å². The molecule has 0 saturated carbocycles. The second-order valence-corrected chi connectivity index (χ2v) is 9.60. The van der Waals surface area contributed by atoms with Crippen LogP contribution in [-0.2, 0) is 6.54 Å². The molecule has 1 N–H and O–H groups in total. The lowest BCUT2D eigenvalue weighted by atomic mass is 9.71. The van der Waals surface area contributed by atoms with Crippen molar-refractivity contribution in [3.05, 3.63) is 83.8 Å². The Balaban J connectivity index is 1.58. The first-order chi connectivity index (χ1) is 16.4. The summed E-state index contributed by atoms with van der Waals surface area (Å²) in [5.74, 6) is -2.54. The molecule has 0 radical (unpaired) electrons. The maximum Gasteiger partial charge on any atom is 0.194 e. The van der Waals surface area contributed by atoms with Crippen LogP contribution in [0, 0.1) is 29.3 Å². The highest BCUT2D eigenvalue weighted by molar-refractivity contribution is 5.83. The van der Waals surface area contributed by atoms with Gasteiger partial charge in [0.15, 0.2) is 17.5 Å². The standard InChI is InChI=1S/C27H28F3N2O2/c1-3-16-14-32(15-18-4-6-22(28)26(30)25(18)29)11-9-17(16)12-24(32)27(33)20-8-10-31-23-7-5-19(34-2)13-21(20)23/h3-8,10,13,16-17,24,27,33H,1,9,11-12,14-15H2,2H3/q+1/t16-,17+,24+,27-,32?/m0/s1. The molecule has 3 saturated heterocycles. The molecule has 7 heteroatoms. The Morgan fingerprint density at radius 3 is 2.79 bits per heavy atom. The number of benzene rings is 2. The molecule has 1 unspecified atom stereocenters. The molecule has 2 bridgehead atoms. The molecule has 4 heterocycles. The van der Waals surface area contributed by atoms with Crippen molar-refractivity contribution in [2.75, 3.05) is 20.2 Å². The third kappa shape index (κ3) is 3.67. The van der Waals surface area contributed by atoms with Gasteiger partial charge < -0.3 is 14.3 Å². The summed E-state index contributed by atoms with van der Waals surface area (Å²) < 4.78 is 48.1. The average molecular weight is 470 g/mol. The normalized spacial score (nSPS) is 27.0. The van der Waals surface area contributed by atoms with Gasteiger partial charge in [0.25, 0.3) is 0 Å². The predicted molar refractivity (Wildman–Crippen MR) is 123 cm³/mol. The molecule has 34 heavy (non-hydrogen) atoms. The summed E-state index contributed by atoms with van der Waals surface area (Å²) in [7, 11) is 1.59. The van der Waals surface area contributed by atoms with Gasteiger partial charge in [0.1, 0.15) is 24.4 Å². The van der Waals surface area contributed by atoms with Crippen LogP contribution in [0.4, 0.5) is 13.2 Å². The van der Waals surface area contributed by atoms with Gasteiger partial charge in [-0.3, -0.25) is 4.98 Å². The molecule has 0 aliphatic carbocycles. The summed E-state index contributed by atoms with van der Waals surface area (Å²) in [6.07, 6.45) is 4.41. The first-order valence-electron chi connectivity index (χ1n) is 11.6. The molecule has 3 aliphatic heterocycles. The minimum atomic E-state index is -1.45. The lowest BCUT2D eigenvalue weighted by Crippen LogP contribution is -2.67. The number of aliphatic hydroxyl groups excluding tert-OH is 1. The minimum Gasteiger partial charge on any atom is -0.497 e. The number of aromatic nitrogens is 1. The number of methoxy groups -OCH3 is 1. The van der Waals surface area contributed by atoms with Crippen molar-refractivity contribution in [1.29, 1.82) is 0 Å². The van der Waals surface area contributed by atoms with E-state index in [1.807, 2.05) is 30.3 Å². The monoisotopic (exact) mass is 469 g/mol. The van der Waals surface area contributed by atoms with E-state index in [9.17, 15) is 18.3 Å². The number of nitrogens with zero attached hydrogens (tertiary/aromatic N) is 2. The zero-order valence-electron chi connectivity index (χ0n) is 19.1. The minimum absolute atomic E-state index is 0.125. The molecule has 0 amide bonds.